The normalized spacial score (nSPS) is 24.5. The highest BCUT2D eigenvalue weighted by Gasteiger charge is 2.29. The van der Waals surface area contributed by atoms with E-state index in [-0.39, 0.29) is 0 Å². The predicted molar refractivity (Wildman–Crippen MR) is 70.6 cm³/mol. The number of hydrogen-bond donors (Lipinski definition) is 1. The standard InChI is InChI=1S/C14H23N3/c1-11-5-3-7-13(16-11)10-17(2)14-8-4-6-12(14)9-15/h3,5,7,12,14H,4,6,8-10,15H2,1-2H3. The van der Waals surface area contributed by atoms with Crippen molar-refractivity contribution in [2.45, 2.75) is 38.8 Å². The van der Waals surface area contributed by atoms with Crippen LogP contribution in [0, 0.1) is 12.8 Å². The van der Waals surface area contributed by atoms with Crippen LogP contribution < -0.4 is 5.73 Å². The van der Waals surface area contributed by atoms with Crippen LogP contribution in [0.5, 0.6) is 0 Å². The van der Waals surface area contributed by atoms with Crippen LogP contribution in [0.25, 0.3) is 0 Å². The fraction of sp³-hybridized carbons (Fsp3) is 0.643. The van der Waals surface area contributed by atoms with Gasteiger partial charge in [0, 0.05) is 18.3 Å². The number of hydrogen-bond acceptors (Lipinski definition) is 3. The minimum Gasteiger partial charge on any atom is -0.330 e. The van der Waals surface area contributed by atoms with E-state index in [0.29, 0.717) is 12.0 Å². The summed E-state index contributed by atoms with van der Waals surface area (Å²) in [6, 6.07) is 6.88. The fourth-order valence-corrected chi connectivity index (χ4v) is 2.93. The van der Waals surface area contributed by atoms with Gasteiger partial charge in [0.25, 0.3) is 0 Å². The fourth-order valence-electron chi connectivity index (χ4n) is 2.93. The number of aromatic nitrogens is 1. The van der Waals surface area contributed by atoms with Crippen molar-refractivity contribution >= 4 is 0 Å². The zero-order valence-corrected chi connectivity index (χ0v) is 10.9. The van der Waals surface area contributed by atoms with E-state index < -0.39 is 0 Å². The minimum atomic E-state index is 0.641. The Labute approximate surface area is 104 Å². The van der Waals surface area contributed by atoms with Crippen LogP contribution in [0.3, 0.4) is 0 Å². The van der Waals surface area contributed by atoms with Gasteiger partial charge in [0.2, 0.25) is 0 Å². The first-order valence-corrected chi connectivity index (χ1v) is 6.53. The maximum Gasteiger partial charge on any atom is 0.0547 e. The summed E-state index contributed by atoms with van der Waals surface area (Å²) in [4.78, 5) is 6.99. The van der Waals surface area contributed by atoms with Crippen molar-refractivity contribution in [1.29, 1.82) is 0 Å². The van der Waals surface area contributed by atoms with Gasteiger partial charge in [-0.3, -0.25) is 9.88 Å². The summed E-state index contributed by atoms with van der Waals surface area (Å²) in [6.45, 7) is 3.79. The molecule has 1 saturated carbocycles. The van der Waals surface area contributed by atoms with Crippen molar-refractivity contribution in [2.75, 3.05) is 13.6 Å². The molecule has 3 nitrogen and oxygen atoms in total. The Bertz CT molecular complexity index is 364. The average Bonchev–Trinajstić information content (AvgIpc) is 2.77. The smallest absolute Gasteiger partial charge is 0.0547 e. The Morgan fingerprint density at radius 2 is 2.24 bits per heavy atom. The molecule has 1 aromatic rings. The number of pyridine rings is 1. The number of nitrogens with two attached hydrogens (primary N) is 1. The van der Waals surface area contributed by atoms with Gasteiger partial charge in [-0.1, -0.05) is 12.5 Å². The molecule has 94 valence electrons. The van der Waals surface area contributed by atoms with E-state index in [0.717, 1.165) is 24.5 Å². The van der Waals surface area contributed by atoms with Crippen LogP contribution in [0.1, 0.15) is 30.7 Å². The van der Waals surface area contributed by atoms with E-state index in [4.69, 9.17) is 5.73 Å². The molecule has 17 heavy (non-hydrogen) atoms. The molecule has 2 rings (SSSR count). The lowest BCUT2D eigenvalue weighted by atomic mass is 10.0. The highest BCUT2D eigenvalue weighted by atomic mass is 15.1. The summed E-state index contributed by atoms with van der Waals surface area (Å²) in [7, 11) is 2.20. The van der Waals surface area contributed by atoms with Gasteiger partial charge in [-0.25, -0.2) is 0 Å². The topological polar surface area (TPSA) is 42.1 Å². The first kappa shape index (κ1) is 12.5. The van der Waals surface area contributed by atoms with E-state index in [2.05, 4.69) is 29.1 Å². The number of nitrogens with zero attached hydrogens (tertiary/aromatic N) is 2. The van der Waals surface area contributed by atoms with Gasteiger partial charge in [0.05, 0.1) is 5.69 Å². The molecule has 0 amide bonds. The lowest BCUT2D eigenvalue weighted by Crippen LogP contribution is -2.37. The summed E-state index contributed by atoms with van der Waals surface area (Å²) in [5.74, 6) is 0.671. The molecule has 0 spiro atoms. The average molecular weight is 233 g/mol. The Hall–Kier alpha value is -0.930. The SMILES string of the molecule is Cc1cccc(CN(C)C2CCCC2CN)n1. The van der Waals surface area contributed by atoms with E-state index in [1.165, 1.54) is 19.3 Å². The van der Waals surface area contributed by atoms with Gasteiger partial charge >= 0.3 is 0 Å². The van der Waals surface area contributed by atoms with Crippen molar-refractivity contribution < 1.29 is 0 Å². The Balaban J connectivity index is 1.99. The molecule has 1 aliphatic carbocycles. The molecule has 0 saturated heterocycles. The minimum absolute atomic E-state index is 0.641. The van der Waals surface area contributed by atoms with E-state index >= 15 is 0 Å². The van der Waals surface area contributed by atoms with Crippen LogP contribution in [0.4, 0.5) is 0 Å². The van der Waals surface area contributed by atoms with Gasteiger partial charge in [-0.15, -0.1) is 0 Å². The quantitative estimate of drug-likeness (QED) is 0.864. The highest BCUT2D eigenvalue weighted by Crippen LogP contribution is 2.29. The third-order valence-corrected chi connectivity index (χ3v) is 3.85. The maximum atomic E-state index is 5.84. The molecule has 3 heteroatoms. The number of rotatable bonds is 4. The second kappa shape index (κ2) is 5.61. The molecule has 0 radical (unpaired) electrons. The van der Waals surface area contributed by atoms with Crippen molar-refractivity contribution in [3.05, 3.63) is 29.6 Å². The Morgan fingerprint density at radius 3 is 2.94 bits per heavy atom. The monoisotopic (exact) mass is 233 g/mol. The van der Waals surface area contributed by atoms with Gasteiger partial charge in [-0.05, 0) is 51.4 Å². The molecule has 1 aromatic heterocycles. The summed E-state index contributed by atoms with van der Waals surface area (Å²) >= 11 is 0. The molecule has 0 bridgehead atoms. The molecule has 2 N–H and O–H groups in total. The van der Waals surface area contributed by atoms with Crippen molar-refractivity contribution in [3.8, 4) is 0 Å². The summed E-state index contributed by atoms with van der Waals surface area (Å²) < 4.78 is 0. The summed E-state index contributed by atoms with van der Waals surface area (Å²) in [5, 5.41) is 0. The van der Waals surface area contributed by atoms with Gasteiger partial charge in [-0.2, -0.15) is 0 Å². The highest BCUT2D eigenvalue weighted by molar-refractivity contribution is 5.10. The molecular weight excluding hydrogens is 210 g/mol. The summed E-state index contributed by atoms with van der Waals surface area (Å²) in [5.41, 5.74) is 8.09. The lowest BCUT2D eigenvalue weighted by Gasteiger charge is -2.28. The van der Waals surface area contributed by atoms with Crippen molar-refractivity contribution in [2.24, 2.45) is 11.7 Å². The first-order chi connectivity index (χ1) is 8.20. The van der Waals surface area contributed by atoms with Gasteiger partial charge < -0.3 is 5.73 Å². The molecule has 1 aliphatic rings. The third-order valence-electron chi connectivity index (χ3n) is 3.85. The molecule has 0 aromatic carbocycles. The first-order valence-electron chi connectivity index (χ1n) is 6.53. The second-order valence-corrected chi connectivity index (χ2v) is 5.18. The van der Waals surface area contributed by atoms with Crippen LogP contribution in [-0.4, -0.2) is 29.5 Å². The van der Waals surface area contributed by atoms with E-state index in [1.54, 1.807) is 0 Å². The lowest BCUT2D eigenvalue weighted by molar-refractivity contribution is 0.191. The Morgan fingerprint density at radius 1 is 1.41 bits per heavy atom. The molecule has 2 atom stereocenters. The van der Waals surface area contributed by atoms with Crippen LogP contribution in [0.2, 0.25) is 0 Å². The maximum absolute atomic E-state index is 5.84. The van der Waals surface area contributed by atoms with Crippen molar-refractivity contribution in [3.63, 3.8) is 0 Å². The second-order valence-electron chi connectivity index (χ2n) is 5.18. The zero-order valence-electron chi connectivity index (χ0n) is 10.9. The molecule has 1 fully saturated rings. The molecular formula is C14H23N3. The van der Waals surface area contributed by atoms with Crippen molar-refractivity contribution in [1.82, 2.24) is 9.88 Å². The van der Waals surface area contributed by atoms with Gasteiger partial charge in [0.1, 0.15) is 0 Å². The van der Waals surface area contributed by atoms with Crippen LogP contribution in [-0.2, 0) is 6.54 Å². The largest absolute Gasteiger partial charge is 0.330 e. The van der Waals surface area contributed by atoms with E-state index in [1.807, 2.05) is 13.0 Å². The predicted octanol–water partition coefficient (Wildman–Crippen LogP) is 1.95. The Kier molecular flexibility index (Phi) is 4.13. The van der Waals surface area contributed by atoms with Crippen LogP contribution >= 0.6 is 0 Å². The van der Waals surface area contributed by atoms with Crippen LogP contribution in [0.15, 0.2) is 18.2 Å². The van der Waals surface area contributed by atoms with E-state index in [9.17, 15) is 0 Å². The molecule has 0 aliphatic heterocycles. The number of aryl methyl sites for hydroxylation is 1. The molecule has 1 heterocycles. The zero-order chi connectivity index (χ0) is 12.3. The summed E-state index contributed by atoms with van der Waals surface area (Å²) in [6.07, 6.45) is 3.88. The third kappa shape index (κ3) is 3.05. The van der Waals surface area contributed by atoms with Gasteiger partial charge in [0.15, 0.2) is 0 Å². The molecule has 2 unspecified atom stereocenters.